The zero-order chi connectivity index (χ0) is 46.3. The molecule has 0 spiro atoms. The Labute approximate surface area is 373 Å². The molecule has 3 aliphatic heterocycles. The van der Waals surface area contributed by atoms with Crippen LogP contribution in [0.2, 0.25) is 0 Å². The van der Waals surface area contributed by atoms with Crippen LogP contribution in [0.25, 0.3) is 44.2 Å². The van der Waals surface area contributed by atoms with Gasteiger partial charge < -0.3 is 54.1 Å². The Hall–Kier alpha value is -6.34. The molecule has 0 radical (unpaired) electrons. The standard InChI is InChI=1S/C46H54F2N8O9/c1-22(2)37(53-45(59)62-6)43(58)56-23(3)8-13-34(56)40-49-18-33(51-40)27-9-11-29-28(15-27)21-64-36-17-30-26(16-31(29)36)10-12-32-39(30)52-41(50-32)35-14-25(20-65-44(47)48)19-55(35)42(57)38(24(4)61-5)54-46(60)63-7/h9-12,15-18,22-25,34-35,37-38,44H,8,13-14,19-21H2,1-7H3,(H,49,51)(H,50,52)(H,53,59)(H,54,60)/t23-,24+,25-,34-,35-,37-,38-/m0/s1. The molecule has 0 saturated carbocycles. The zero-order valence-corrected chi connectivity index (χ0v) is 37.3. The zero-order valence-electron chi connectivity index (χ0n) is 37.3. The number of nitrogens with one attached hydrogen (secondary N) is 4. The number of aromatic nitrogens is 4. The molecule has 2 fully saturated rings. The Morgan fingerprint density at radius 3 is 2.35 bits per heavy atom. The largest absolute Gasteiger partial charge is 0.488 e. The van der Waals surface area contributed by atoms with Gasteiger partial charge in [0.15, 0.2) is 0 Å². The number of alkyl carbamates (subject to hydrolysis) is 2. The quantitative estimate of drug-likeness (QED) is 0.0949. The highest BCUT2D eigenvalue weighted by molar-refractivity contribution is 6.07. The fourth-order valence-electron chi connectivity index (χ4n) is 9.40. The molecule has 2 aromatic heterocycles. The van der Waals surface area contributed by atoms with Gasteiger partial charge in [0.05, 0.1) is 61.9 Å². The Morgan fingerprint density at radius 2 is 1.65 bits per heavy atom. The highest BCUT2D eigenvalue weighted by atomic mass is 19.3. The van der Waals surface area contributed by atoms with Crippen molar-refractivity contribution in [3.05, 3.63) is 65.9 Å². The summed E-state index contributed by atoms with van der Waals surface area (Å²) in [7, 11) is 3.88. The van der Waals surface area contributed by atoms with Crippen molar-refractivity contribution in [3.8, 4) is 28.1 Å². The number of alkyl halides is 2. The van der Waals surface area contributed by atoms with E-state index in [1.807, 2.05) is 49.9 Å². The van der Waals surface area contributed by atoms with Gasteiger partial charge >= 0.3 is 18.8 Å². The van der Waals surface area contributed by atoms with Gasteiger partial charge in [0.2, 0.25) is 11.8 Å². The molecular formula is C46H54F2N8O9. The van der Waals surface area contributed by atoms with E-state index in [9.17, 15) is 28.0 Å². The Bertz CT molecular complexity index is 2600. The topological polar surface area (TPSA) is 202 Å². The number of ether oxygens (including phenoxy) is 5. The monoisotopic (exact) mass is 900 g/mol. The molecular weight excluding hydrogens is 847 g/mol. The highest BCUT2D eigenvalue weighted by Crippen LogP contribution is 2.44. The van der Waals surface area contributed by atoms with Crippen LogP contribution in [0.3, 0.4) is 0 Å². The van der Waals surface area contributed by atoms with Gasteiger partial charge in [-0.15, -0.1) is 0 Å². The van der Waals surface area contributed by atoms with Crippen LogP contribution in [-0.4, -0.2) is 119 Å². The number of imidazole rings is 2. The van der Waals surface area contributed by atoms with E-state index in [1.165, 1.54) is 26.2 Å². The summed E-state index contributed by atoms with van der Waals surface area (Å²) < 4.78 is 52.3. The molecule has 346 valence electrons. The predicted molar refractivity (Wildman–Crippen MR) is 234 cm³/mol. The lowest BCUT2D eigenvalue weighted by molar-refractivity contribution is -0.140. The third-order valence-corrected chi connectivity index (χ3v) is 12.9. The van der Waals surface area contributed by atoms with E-state index in [4.69, 9.17) is 28.9 Å². The average molecular weight is 901 g/mol. The second-order valence-electron chi connectivity index (χ2n) is 17.3. The number of fused-ring (bicyclic) bond motifs is 6. The van der Waals surface area contributed by atoms with Crippen LogP contribution >= 0.6 is 0 Å². The van der Waals surface area contributed by atoms with Crippen molar-refractivity contribution in [2.24, 2.45) is 11.8 Å². The molecule has 7 atom stereocenters. The molecule has 8 rings (SSSR count). The van der Waals surface area contributed by atoms with E-state index < -0.39 is 54.9 Å². The van der Waals surface area contributed by atoms with Crippen molar-refractivity contribution in [1.29, 1.82) is 0 Å². The second kappa shape index (κ2) is 18.6. The number of aromatic amines is 2. The molecule has 5 heterocycles. The number of carbonyl (C=O) groups is 4. The molecule has 5 aromatic rings. The van der Waals surface area contributed by atoms with Gasteiger partial charge in [0, 0.05) is 36.6 Å². The van der Waals surface area contributed by atoms with Crippen molar-refractivity contribution in [3.63, 3.8) is 0 Å². The van der Waals surface area contributed by atoms with Gasteiger partial charge in [0.1, 0.15) is 36.1 Å². The fraction of sp³-hybridized carbons (Fsp3) is 0.478. The van der Waals surface area contributed by atoms with Gasteiger partial charge in [-0.1, -0.05) is 32.0 Å². The van der Waals surface area contributed by atoms with Crippen LogP contribution in [0, 0.1) is 11.8 Å². The molecule has 4 N–H and O–H groups in total. The maximum absolute atomic E-state index is 14.1. The Balaban J connectivity index is 1.06. The maximum atomic E-state index is 14.1. The first kappa shape index (κ1) is 45.2. The van der Waals surface area contributed by atoms with E-state index >= 15 is 0 Å². The van der Waals surface area contributed by atoms with Crippen LogP contribution in [0.4, 0.5) is 18.4 Å². The summed E-state index contributed by atoms with van der Waals surface area (Å²) in [4.78, 5) is 72.3. The number of halogens is 2. The van der Waals surface area contributed by atoms with Gasteiger partial charge in [0.25, 0.3) is 0 Å². The molecule has 2 saturated heterocycles. The molecule has 4 amide bonds. The first-order valence-corrected chi connectivity index (χ1v) is 21.7. The van der Waals surface area contributed by atoms with Crippen LogP contribution in [0.1, 0.15) is 76.3 Å². The normalized spacial score (nSPS) is 20.7. The lowest BCUT2D eigenvalue weighted by Crippen LogP contribution is -2.54. The lowest BCUT2D eigenvalue weighted by atomic mass is 9.92. The number of amides is 4. The molecule has 3 aliphatic rings. The minimum Gasteiger partial charge on any atom is -0.488 e. The number of hydrogen-bond donors (Lipinski definition) is 4. The number of H-pyrrole nitrogens is 2. The summed E-state index contributed by atoms with van der Waals surface area (Å²) >= 11 is 0. The van der Waals surface area contributed by atoms with E-state index in [2.05, 4.69) is 43.5 Å². The summed E-state index contributed by atoms with van der Waals surface area (Å²) in [5.74, 6) is 0.550. The highest BCUT2D eigenvalue weighted by Gasteiger charge is 2.44. The van der Waals surface area contributed by atoms with E-state index in [0.29, 0.717) is 35.0 Å². The first-order chi connectivity index (χ1) is 31.2. The van der Waals surface area contributed by atoms with Gasteiger partial charge in [-0.05, 0) is 85.4 Å². The number of nitrogens with zero attached hydrogens (tertiary/aromatic N) is 4. The predicted octanol–water partition coefficient (Wildman–Crippen LogP) is 6.99. The van der Waals surface area contributed by atoms with Crippen molar-refractivity contribution in [2.75, 3.05) is 34.5 Å². The van der Waals surface area contributed by atoms with Crippen molar-refractivity contribution in [1.82, 2.24) is 40.4 Å². The average Bonchev–Trinajstić information content (AvgIpc) is 4.13. The summed E-state index contributed by atoms with van der Waals surface area (Å²) in [6, 6.07) is 11.2. The smallest absolute Gasteiger partial charge is 0.407 e. The van der Waals surface area contributed by atoms with Gasteiger partial charge in [-0.3, -0.25) is 9.59 Å². The van der Waals surface area contributed by atoms with Crippen LogP contribution in [-0.2, 0) is 35.1 Å². The van der Waals surface area contributed by atoms with Crippen LogP contribution < -0.4 is 15.4 Å². The molecule has 0 bridgehead atoms. The number of rotatable bonds is 13. The second-order valence-corrected chi connectivity index (χ2v) is 17.3. The van der Waals surface area contributed by atoms with Crippen molar-refractivity contribution >= 4 is 45.8 Å². The number of carbonyl (C=O) groups excluding carboxylic acids is 4. The maximum Gasteiger partial charge on any atom is 0.407 e. The summed E-state index contributed by atoms with van der Waals surface area (Å²) in [6.45, 7) is 4.57. The number of hydrogen-bond acceptors (Lipinski definition) is 11. The number of likely N-dealkylation sites (tertiary alicyclic amines) is 2. The van der Waals surface area contributed by atoms with E-state index in [1.54, 1.807) is 13.1 Å². The third-order valence-electron chi connectivity index (χ3n) is 12.9. The Kier molecular flexibility index (Phi) is 13.0. The molecule has 19 heteroatoms. The molecule has 65 heavy (non-hydrogen) atoms. The SMILES string of the molecule is COC(=O)N[C@H](C(=O)N1[C@@H](C)CC[C@H]1c1ncc(-c2ccc3c(c2)COc2cc4c(ccc5[nH]c([C@@H]6C[C@H](COC(F)F)CN6C(=O)[C@@H](NC(=O)OC)[C@@H](C)OC)nc54)cc2-3)[nH]1)C(C)C. The summed E-state index contributed by atoms with van der Waals surface area (Å²) in [5.41, 5.74) is 5.95. The van der Waals surface area contributed by atoms with Crippen LogP contribution in [0.15, 0.2) is 48.7 Å². The Morgan fingerprint density at radius 1 is 0.892 bits per heavy atom. The lowest BCUT2D eigenvalue weighted by Gasteiger charge is -2.32. The van der Waals surface area contributed by atoms with Crippen molar-refractivity contribution in [2.45, 2.75) is 96.5 Å². The number of methoxy groups -OCH3 is 3. The van der Waals surface area contributed by atoms with Gasteiger partial charge in [-0.25, -0.2) is 19.6 Å². The third kappa shape index (κ3) is 8.90. The molecule has 0 aliphatic carbocycles. The van der Waals surface area contributed by atoms with Crippen LogP contribution in [0.5, 0.6) is 5.75 Å². The molecule has 17 nitrogen and oxygen atoms in total. The minimum absolute atomic E-state index is 0.0463. The minimum atomic E-state index is -2.97. The fourth-order valence-corrected chi connectivity index (χ4v) is 9.40. The summed E-state index contributed by atoms with van der Waals surface area (Å²) in [5, 5.41) is 6.98. The molecule has 0 unspecified atom stereocenters. The van der Waals surface area contributed by atoms with E-state index in [-0.39, 0.29) is 43.5 Å². The van der Waals surface area contributed by atoms with E-state index in [0.717, 1.165) is 51.6 Å². The molecule has 3 aromatic carbocycles. The van der Waals surface area contributed by atoms with Gasteiger partial charge in [-0.2, -0.15) is 8.78 Å². The van der Waals surface area contributed by atoms with Crippen molar-refractivity contribution < 1.29 is 51.6 Å². The first-order valence-electron chi connectivity index (χ1n) is 21.7. The number of benzene rings is 3. The summed E-state index contributed by atoms with van der Waals surface area (Å²) in [6.07, 6.45) is 1.37.